The third-order valence-electron chi connectivity index (χ3n) is 18.2. The summed E-state index contributed by atoms with van der Waals surface area (Å²) in [5, 5.41) is 2.48. The van der Waals surface area contributed by atoms with E-state index >= 15 is 0 Å². The number of para-hydroxylation sites is 1. The molecule has 0 saturated carbocycles. The highest BCUT2D eigenvalue weighted by Gasteiger charge is 2.36. The normalized spacial score (nSPS) is 12.4. The van der Waals surface area contributed by atoms with Gasteiger partial charge in [0.15, 0.2) is 0 Å². The lowest BCUT2D eigenvalue weighted by atomic mass is 9.82. The molecule has 1 aliphatic rings. The number of fused-ring (bicyclic) bond motifs is 6. The van der Waals surface area contributed by atoms with Crippen molar-refractivity contribution in [3.63, 3.8) is 0 Å². The van der Waals surface area contributed by atoms with Crippen molar-refractivity contribution in [2.24, 2.45) is 0 Å². The van der Waals surface area contributed by atoms with Crippen LogP contribution in [0.5, 0.6) is 0 Å². The van der Waals surface area contributed by atoms with Crippen LogP contribution in [0.2, 0.25) is 0 Å². The number of rotatable bonds is 20. The van der Waals surface area contributed by atoms with Crippen molar-refractivity contribution in [2.75, 3.05) is 4.90 Å². The average Bonchev–Trinajstić information content (AvgIpc) is 2.38. The van der Waals surface area contributed by atoms with Gasteiger partial charge in [-0.25, -0.2) is 0 Å². The maximum Gasteiger partial charge on any atom is 0.0541 e. The van der Waals surface area contributed by atoms with Gasteiger partial charge in [0.2, 0.25) is 0 Å². The Balaban J connectivity index is 0.756. The van der Waals surface area contributed by atoms with Gasteiger partial charge in [0, 0.05) is 38.9 Å². The first-order valence-electron chi connectivity index (χ1n) is 31.4. The third-order valence-corrected chi connectivity index (χ3v) is 18.2. The summed E-state index contributed by atoms with van der Waals surface area (Å²) >= 11 is 0. The second-order valence-corrected chi connectivity index (χ2v) is 24.6. The monoisotopic (exact) mass is 1100 g/mol. The van der Waals surface area contributed by atoms with Crippen molar-refractivity contribution in [2.45, 2.75) is 111 Å². The topological polar surface area (TPSA) is 8.17 Å². The van der Waals surface area contributed by atoms with E-state index in [0.717, 1.165) is 22.7 Å². The van der Waals surface area contributed by atoms with Crippen molar-refractivity contribution < 1.29 is 0 Å². The molecular weight excluding hydrogens is 1020 g/mol. The number of unbranched alkanes of at least 4 members (excludes halogenated alkanes) is 9. The number of anilines is 3. The van der Waals surface area contributed by atoms with Crippen LogP contribution in [0.4, 0.5) is 17.1 Å². The summed E-state index contributed by atoms with van der Waals surface area (Å²) in [5.74, 6) is 0. The van der Waals surface area contributed by atoms with Crippen LogP contribution < -0.4 is 4.90 Å². The smallest absolute Gasteiger partial charge is 0.0541 e. The van der Waals surface area contributed by atoms with Crippen LogP contribution in [0.15, 0.2) is 249 Å². The number of hydrogen-bond acceptors (Lipinski definition) is 1. The largest absolute Gasteiger partial charge is 0.310 e. The Morgan fingerprint density at radius 3 is 1.47 bits per heavy atom. The van der Waals surface area contributed by atoms with E-state index in [2.05, 4.69) is 293 Å². The minimum atomic E-state index is -0.113. The van der Waals surface area contributed by atoms with E-state index < -0.39 is 0 Å². The number of benzene rings is 11. The molecule has 0 amide bonds. The molecule has 11 aromatic carbocycles. The molecule has 12 aromatic rings. The lowest BCUT2D eigenvalue weighted by Gasteiger charge is -2.28. The summed E-state index contributed by atoms with van der Waals surface area (Å²) in [6, 6.07) is 93.3. The molecule has 1 aromatic heterocycles. The van der Waals surface area contributed by atoms with E-state index in [4.69, 9.17) is 0 Å². The van der Waals surface area contributed by atoms with Crippen LogP contribution >= 0.6 is 0 Å². The summed E-state index contributed by atoms with van der Waals surface area (Å²) < 4.78 is 2.46. The second kappa shape index (κ2) is 24.3. The van der Waals surface area contributed by atoms with E-state index in [0.29, 0.717) is 0 Å². The third kappa shape index (κ3) is 11.4. The van der Waals surface area contributed by atoms with Crippen LogP contribution in [0.1, 0.15) is 113 Å². The van der Waals surface area contributed by atoms with Crippen LogP contribution in [-0.4, -0.2) is 4.57 Å². The number of aromatic nitrogens is 1. The molecule has 0 aliphatic heterocycles. The molecule has 0 unspecified atom stereocenters. The minimum absolute atomic E-state index is 0.113. The summed E-state index contributed by atoms with van der Waals surface area (Å²) in [6.45, 7) is 11.5. The fraction of sp³-hybridized carbons (Fsp3) is 0.205. The van der Waals surface area contributed by atoms with Crippen LogP contribution in [0, 0.1) is 13.8 Å². The highest BCUT2D eigenvalue weighted by molar-refractivity contribution is 6.10. The molecule has 0 bridgehead atoms. The van der Waals surface area contributed by atoms with Gasteiger partial charge in [0.25, 0.3) is 0 Å². The Hall–Kier alpha value is -8.98. The first-order chi connectivity index (χ1) is 41.7. The first kappa shape index (κ1) is 55.2. The zero-order valence-electron chi connectivity index (χ0n) is 50.3. The summed E-state index contributed by atoms with van der Waals surface area (Å²) in [6.07, 6.45) is 14.9. The first-order valence-corrected chi connectivity index (χ1v) is 31.4. The molecule has 85 heavy (non-hydrogen) atoms. The van der Waals surface area contributed by atoms with Crippen molar-refractivity contribution >= 4 is 38.9 Å². The van der Waals surface area contributed by atoms with Crippen molar-refractivity contribution in [1.29, 1.82) is 0 Å². The Kier molecular flexibility index (Phi) is 15.8. The number of aryl methyl sites for hydroxylation is 3. The highest BCUT2D eigenvalue weighted by Crippen LogP contribution is 2.51. The maximum absolute atomic E-state index is 2.46. The molecule has 0 radical (unpaired) electrons. The lowest BCUT2D eigenvalue weighted by Crippen LogP contribution is -2.16. The lowest BCUT2D eigenvalue weighted by molar-refractivity contribution is 0.556. The SMILES string of the molecule is CCCCCCCCCCCCc1ccc(-c2ccc(-c3cc(C)cc(-c4cc(C)cc(-n5c6ccccc6c6cc(-c7ccc(N(c8ccc(-c9ccccc9)cc8)c8ccc9c(c8)C(C)(C)c8ccccc8-9)cc7)ccc65)c4)c3)cc2)cc1. The molecule has 1 heterocycles. The van der Waals surface area contributed by atoms with E-state index in [1.54, 1.807) is 0 Å². The zero-order chi connectivity index (χ0) is 57.9. The summed E-state index contributed by atoms with van der Waals surface area (Å²) in [7, 11) is 0. The van der Waals surface area contributed by atoms with Gasteiger partial charge in [-0.15, -0.1) is 0 Å². The summed E-state index contributed by atoms with van der Waals surface area (Å²) in [5.41, 5.74) is 28.4. The fourth-order valence-corrected chi connectivity index (χ4v) is 13.7. The molecule has 420 valence electrons. The molecule has 1 aliphatic carbocycles. The van der Waals surface area contributed by atoms with E-state index in [9.17, 15) is 0 Å². The van der Waals surface area contributed by atoms with Gasteiger partial charge in [0.1, 0.15) is 0 Å². The maximum atomic E-state index is 2.46. The Bertz CT molecular complexity index is 4290. The standard InChI is InChI=1S/C83H78N2/c1-6-7-8-9-10-11-12-13-14-16-23-60-30-32-62(33-31-60)63-34-36-66(37-35-63)68-50-58(2)51-69(54-68)70-52-59(3)53-74(55-70)85-81-29-22-20-27-77(81)78-56-67(42-49-82(78)85)65-40-45-72(46-41-65)84(71-43-38-64(39-44-71)61-24-17-15-18-25-61)73-47-48-76-75-26-19-21-28-79(75)83(4,5)80(76)57-73/h15,17-22,24-57H,6-14,16,23H2,1-5H3. The van der Waals surface area contributed by atoms with Gasteiger partial charge in [0.05, 0.1) is 11.0 Å². The van der Waals surface area contributed by atoms with Crippen LogP contribution in [0.3, 0.4) is 0 Å². The van der Waals surface area contributed by atoms with E-state index in [1.807, 2.05) is 0 Å². The molecular formula is C83H78N2. The fourth-order valence-electron chi connectivity index (χ4n) is 13.7. The van der Waals surface area contributed by atoms with Gasteiger partial charge in [-0.2, -0.15) is 0 Å². The van der Waals surface area contributed by atoms with Crippen molar-refractivity contribution in [3.8, 4) is 72.4 Å². The Morgan fingerprint density at radius 1 is 0.329 bits per heavy atom. The Labute approximate surface area is 505 Å². The van der Waals surface area contributed by atoms with Crippen LogP contribution in [0.25, 0.3) is 94.3 Å². The van der Waals surface area contributed by atoms with Gasteiger partial charge in [-0.1, -0.05) is 254 Å². The highest BCUT2D eigenvalue weighted by atomic mass is 15.1. The van der Waals surface area contributed by atoms with Crippen LogP contribution in [-0.2, 0) is 11.8 Å². The molecule has 0 fully saturated rings. The summed E-state index contributed by atoms with van der Waals surface area (Å²) in [4.78, 5) is 2.42. The van der Waals surface area contributed by atoms with Gasteiger partial charge in [-0.05, 0) is 194 Å². The molecule has 0 saturated heterocycles. The number of nitrogens with zero attached hydrogens (tertiary/aromatic N) is 2. The quantitative estimate of drug-likeness (QED) is 0.0691. The Morgan fingerprint density at radius 2 is 0.800 bits per heavy atom. The van der Waals surface area contributed by atoms with Gasteiger partial charge >= 0.3 is 0 Å². The van der Waals surface area contributed by atoms with Gasteiger partial charge < -0.3 is 9.47 Å². The molecule has 13 rings (SSSR count). The van der Waals surface area contributed by atoms with Gasteiger partial charge in [-0.3, -0.25) is 0 Å². The number of hydrogen-bond donors (Lipinski definition) is 0. The minimum Gasteiger partial charge on any atom is -0.310 e. The zero-order valence-corrected chi connectivity index (χ0v) is 50.3. The molecule has 2 nitrogen and oxygen atoms in total. The van der Waals surface area contributed by atoms with E-state index in [-0.39, 0.29) is 5.41 Å². The predicted molar refractivity (Wildman–Crippen MR) is 365 cm³/mol. The second-order valence-electron chi connectivity index (χ2n) is 24.6. The molecule has 0 spiro atoms. The van der Waals surface area contributed by atoms with Crippen molar-refractivity contribution in [3.05, 3.63) is 277 Å². The molecule has 2 heteroatoms. The predicted octanol–water partition coefficient (Wildman–Crippen LogP) is 24.0. The molecule has 0 atom stereocenters. The molecule has 0 N–H and O–H groups in total. The average molecular weight is 1100 g/mol. The van der Waals surface area contributed by atoms with Crippen molar-refractivity contribution in [1.82, 2.24) is 4.57 Å². The van der Waals surface area contributed by atoms with E-state index in [1.165, 1.54) is 187 Å².